The average molecular weight is 484 g/mol. The number of likely N-dealkylation sites (tertiary alicyclic amines) is 1. The minimum Gasteiger partial charge on any atom is -0.392 e. The van der Waals surface area contributed by atoms with E-state index in [0.717, 1.165) is 5.56 Å². The van der Waals surface area contributed by atoms with Crippen LogP contribution >= 0.6 is 0 Å². The number of aliphatic hydroxyl groups excluding tert-OH is 1. The number of carbonyl (C=O) groups excluding carboxylic acids is 4. The number of nitriles is 1. The zero-order valence-corrected chi connectivity index (χ0v) is 20.6. The molecule has 4 amide bonds. The van der Waals surface area contributed by atoms with Crippen molar-refractivity contribution in [2.75, 3.05) is 25.5 Å². The third-order valence-corrected chi connectivity index (χ3v) is 6.66. The van der Waals surface area contributed by atoms with Crippen molar-refractivity contribution in [3.63, 3.8) is 0 Å². The van der Waals surface area contributed by atoms with Gasteiger partial charge in [0.15, 0.2) is 0 Å². The lowest BCUT2D eigenvalue weighted by Crippen LogP contribution is -2.52. The first kappa shape index (κ1) is 26.2. The Kier molecular flexibility index (Phi) is 7.80. The van der Waals surface area contributed by atoms with E-state index in [2.05, 4.69) is 16.7 Å². The van der Waals surface area contributed by atoms with Gasteiger partial charge in [-0.1, -0.05) is 32.0 Å². The van der Waals surface area contributed by atoms with Crippen molar-refractivity contribution in [2.45, 2.75) is 63.6 Å². The van der Waals surface area contributed by atoms with E-state index in [4.69, 9.17) is 0 Å². The summed E-state index contributed by atoms with van der Waals surface area (Å²) in [5, 5.41) is 24.5. The van der Waals surface area contributed by atoms with Crippen LogP contribution in [0.1, 0.15) is 45.6 Å². The van der Waals surface area contributed by atoms with E-state index < -0.39 is 47.7 Å². The van der Waals surface area contributed by atoms with Gasteiger partial charge in [0, 0.05) is 32.2 Å². The number of aliphatic hydroxyl groups is 1. The Labute approximate surface area is 205 Å². The van der Waals surface area contributed by atoms with E-state index in [1.165, 1.54) is 23.8 Å². The number of hydrogen-bond acceptors (Lipinski definition) is 6. The molecule has 4 atom stereocenters. The summed E-state index contributed by atoms with van der Waals surface area (Å²) in [5.74, 6) is -1.70. The molecule has 2 aliphatic rings. The first-order valence-electron chi connectivity index (χ1n) is 11.8. The van der Waals surface area contributed by atoms with E-state index in [1.54, 1.807) is 6.07 Å². The highest BCUT2D eigenvalue weighted by molar-refractivity contribution is 6.07. The molecule has 1 spiro atoms. The van der Waals surface area contributed by atoms with Crippen LogP contribution in [0.4, 0.5) is 5.69 Å². The average Bonchev–Trinajstić information content (AvgIpc) is 3.33. The highest BCUT2D eigenvalue weighted by atomic mass is 16.3. The minimum absolute atomic E-state index is 0.0213. The van der Waals surface area contributed by atoms with Crippen LogP contribution in [0, 0.1) is 17.2 Å². The van der Waals surface area contributed by atoms with E-state index in [1.807, 2.05) is 32.0 Å². The SMILES string of the molecule is CC(C)C[C@@H](C(=O)N1C[C@]2(C[C@H]1C#N)C(=O)Nc1ccccc12)N(C)C(=O)CC(=O)NC[C@H](C)O. The number of hydrogen-bond donors (Lipinski definition) is 3. The number of carbonyl (C=O) groups is 4. The van der Waals surface area contributed by atoms with Crippen molar-refractivity contribution < 1.29 is 24.3 Å². The largest absolute Gasteiger partial charge is 0.392 e. The van der Waals surface area contributed by atoms with Crippen molar-refractivity contribution in [1.82, 2.24) is 15.1 Å². The Morgan fingerprint density at radius 1 is 1.31 bits per heavy atom. The maximum atomic E-state index is 13.8. The number of amides is 4. The molecular formula is C25H33N5O5. The summed E-state index contributed by atoms with van der Waals surface area (Å²) in [6.07, 6.45) is -0.704. The van der Waals surface area contributed by atoms with Gasteiger partial charge in [0.1, 0.15) is 18.5 Å². The summed E-state index contributed by atoms with van der Waals surface area (Å²) in [4.78, 5) is 54.4. The molecule has 3 N–H and O–H groups in total. The molecule has 0 bridgehead atoms. The second-order valence-corrected chi connectivity index (χ2v) is 9.88. The Bertz CT molecular complexity index is 1050. The van der Waals surface area contributed by atoms with Crippen molar-refractivity contribution in [3.8, 4) is 6.07 Å². The Hall–Kier alpha value is -3.45. The van der Waals surface area contributed by atoms with Gasteiger partial charge in [-0.15, -0.1) is 0 Å². The second kappa shape index (κ2) is 10.4. The fraction of sp³-hybridized carbons (Fsp3) is 0.560. The van der Waals surface area contributed by atoms with Crippen LogP contribution in [-0.2, 0) is 24.6 Å². The lowest BCUT2D eigenvalue weighted by molar-refractivity contribution is -0.147. The predicted molar refractivity (Wildman–Crippen MR) is 128 cm³/mol. The molecule has 0 saturated carbocycles. The number of para-hydroxylation sites is 1. The molecule has 0 unspecified atom stereocenters. The molecule has 0 aromatic heterocycles. The maximum absolute atomic E-state index is 13.8. The summed E-state index contributed by atoms with van der Waals surface area (Å²) in [5.41, 5.74) is 0.427. The monoisotopic (exact) mass is 483 g/mol. The van der Waals surface area contributed by atoms with Gasteiger partial charge in [-0.3, -0.25) is 19.2 Å². The fourth-order valence-electron chi connectivity index (χ4n) is 4.81. The van der Waals surface area contributed by atoms with E-state index in [-0.39, 0.29) is 31.3 Å². The standard InChI is InChI=1S/C25H33N5O5/c1-15(2)9-20(29(4)22(33)10-21(32)27-13-16(3)31)23(34)30-14-25(11-17(30)12-26)18-7-5-6-8-19(18)28-24(25)35/h5-8,15-17,20,31H,9-11,13-14H2,1-4H3,(H,27,32)(H,28,35)/t16-,17-,20-,25-/m0/s1. The van der Waals surface area contributed by atoms with Crippen LogP contribution < -0.4 is 10.6 Å². The van der Waals surface area contributed by atoms with E-state index >= 15 is 0 Å². The Morgan fingerprint density at radius 2 is 2.00 bits per heavy atom. The first-order valence-corrected chi connectivity index (χ1v) is 11.8. The molecule has 10 heteroatoms. The van der Waals surface area contributed by atoms with Gasteiger partial charge in [0.2, 0.25) is 23.6 Å². The van der Waals surface area contributed by atoms with Gasteiger partial charge in [-0.2, -0.15) is 5.26 Å². The van der Waals surface area contributed by atoms with E-state index in [0.29, 0.717) is 12.1 Å². The van der Waals surface area contributed by atoms with Crippen LogP contribution in [0.15, 0.2) is 24.3 Å². The number of nitrogens with zero attached hydrogens (tertiary/aromatic N) is 3. The van der Waals surface area contributed by atoms with Crippen molar-refractivity contribution in [2.24, 2.45) is 5.92 Å². The number of anilines is 1. The number of likely N-dealkylation sites (N-methyl/N-ethyl adjacent to an activating group) is 1. The van der Waals surface area contributed by atoms with Crippen LogP contribution in [0.25, 0.3) is 0 Å². The molecule has 1 saturated heterocycles. The topological polar surface area (TPSA) is 143 Å². The van der Waals surface area contributed by atoms with Crippen LogP contribution in [0.5, 0.6) is 0 Å². The lowest BCUT2D eigenvalue weighted by Gasteiger charge is -2.33. The molecule has 2 aliphatic heterocycles. The normalized spacial score (nSPS) is 22.4. The van der Waals surface area contributed by atoms with Crippen LogP contribution in [-0.4, -0.2) is 76.9 Å². The molecule has 2 heterocycles. The molecule has 1 fully saturated rings. The molecule has 1 aromatic carbocycles. The highest BCUT2D eigenvalue weighted by Gasteiger charge is 2.56. The zero-order chi connectivity index (χ0) is 25.9. The number of fused-ring (bicyclic) bond motifs is 2. The van der Waals surface area contributed by atoms with Gasteiger partial charge < -0.3 is 25.5 Å². The van der Waals surface area contributed by atoms with Crippen molar-refractivity contribution >= 4 is 29.3 Å². The highest BCUT2D eigenvalue weighted by Crippen LogP contribution is 2.46. The van der Waals surface area contributed by atoms with Gasteiger partial charge in [0.05, 0.1) is 17.6 Å². The predicted octanol–water partition coefficient (Wildman–Crippen LogP) is 0.761. The molecular weight excluding hydrogens is 450 g/mol. The lowest BCUT2D eigenvalue weighted by atomic mass is 9.80. The summed E-state index contributed by atoms with van der Waals surface area (Å²) >= 11 is 0. The molecule has 0 aliphatic carbocycles. The molecule has 10 nitrogen and oxygen atoms in total. The van der Waals surface area contributed by atoms with Crippen LogP contribution in [0.2, 0.25) is 0 Å². The summed E-state index contributed by atoms with van der Waals surface area (Å²) in [6.45, 7) is 5.42. The second-order valence-electron chi connectivity index (χ2n) is 9.88. The quantitative estimate of drug-likeness (QED) is 0.466. The maximum Gasteiger partial charge on any atom is 0.246 e. The zero-order valence-electron chi connectivity index (χ0n) is 20.6. The third-order valence-electron chi connectivity index (χ3n) is 6.66. The van der Waals surface area contributed by atoms with Gasteiger partial charge in [-0.05, 0) is 30.9 Å². The van der Waals surface area contributed by atoms with Gasteiger partial charge >= 0.3 is 0 Å². The Balaban J connectivity index is 1.83. The van der Waals surface area contributed by atoms with Gasteiger partial charge in [0.25, 0.3) is 0 Å². The van der Waals surface area contributed by atoms with Crippen molar-refractivity contribution in [3.05, 3.63) is 29.8 Å². The molecule has 0 radical (unpaired) electrons. The number of rotatable bonds is 8. The first-order chi connectivity index (χ1) is 16.5. The Morgan fingerprint density at radius 3 is 2.63 bits per heavy atom. The number of benzene rings is 1. The molecule has 3 rings (SSSR count). The fourth-order valence-corrected chi connectivity index (χ4v) is 4.81. The van der Waals surface area contributed by atoms with Crippen LogP contribution in [0.3, 0.4) is 0 Å². The van der Waals surface area contributed by atoms with Crippen molar-refractivity contribution in [1.29, 1.82) is 5.26 Å². The molecule has 35 heavy (non-hydrogen) atoms. The molecule has 1 aromatic rings. The minimum atomic E-state index is -1.02. The summed E-state index contributed by atoms with van der Waals surface area (Å²) in [7, 11) is 1.47. The molecule has 188 valence electrons. The smallest absolute Gasteiger partial charge is 0.246 e. The number of nitrogens with one attached hydrogen (secondary N) is 2. The van der Waals surface area contributed by atoms with Gasteiger partial charge in [-0.25, -0.2) is 0 Å². The van der Waals surface area contributed by atoms with E-state index in [9.17, 15) is 29.5 Å². The summed E-state index contributed by atoms with van der Waals surface area (Å²) in [6, 6.07) is 7.72. The third kappa shape index (κ3) is 5.30. The summed E-state index contributed by atoms with van der Waals surface area (Å²) < 4.78 is 0.